The maximum absolute atomic E-state index is 13.5. The molecule has 0 aromatic heterocycles. The number of carbonyl (C=O) groups is 1. The van der Waals surface area contributed by atoms with Crippen molar-refractivity contribution in [1.29, 1.82) is 0 Å². The van der Waals surface area contributed by atoms with Crippen LogP contribution in [0.3, 0.4) is 0 Å². The SMILES string of the molecule is COCCNC(=O)C(C)NCc1ccc(OC)c(F)c1. The Kier molecular flexibility index (Phi) is 6.97. The molecule has 0 aliphatic rings. The maximum atomic E-state index is 13.5. The topological polar surface area (TPSA) is 59.6 Å². The average molecular weight is 284 g/mol. The van der Waals surface area contributed by atoms with E-state index in [4.69, 9.17) is 9.47 Å². The van der Waals surface area contributed by atoms with E-state index >= 15 is 0 Å². The summed E-state index contributed by atoms with van der Waals surface area (Å²) in [7, 11) is 2.99. The zero-order valence-electron chi connectivity index (χ0n) is 12.0. The van der Waals surface area contributed by atoms with Gasteiger partial charge < -0.3 is 20.1 Å². The summed E-state index contributed by atoms with van der Waals surface area (Å²) in [4.78, 5) is 11.7. The third kappa shape index (κ3) is 5.14. The van der Waals surface area contributed by atoms with Crippen LogP contribution >= 0.6 is 0 Å². The Bertz CT molecular complexity index is 440. The highest BCUT2D eigenvalue weighted by Gasteiger charge is 2.11. The third-order valence-electron chi connectivity index (χ3n) is 2.83. The average Bonchev–Trinajstić information content (AvgIpc) is 2.45. The predicted octanol–water partition coefficient (Wildman–Crippen LogP) is 1.07. The minimum atomic E-state index is -0.413. The molecule has 1 amide bonds. The first-order valence-electron chi connectivity index (χ1n) is 6.41. The molecule has 1 aromatic rings. The lowest BCUT2D eigenvalue weighted by molar-refractivity contribution is -0.122. The van der Waals surface area contributed by atoms with Gasteiger partial charge in [0.2, 0.25) is 5.91 Å². The number of methoxy groups -OCH3 is 2. The summed E-state index contributed by atoms with van der Waals surface area (Å²) in [6.07, 6.45) is 0. The highest BCUT2D eigenvalue weighted by molar-refractivity contribution is 5.81. The van der Waals surface area contributed by atoms with Crippen molar-refractivity contribution in [1.82, 2.24) is 10.6 Å². The highest BCUT2D eigenvalue weighted by atomic mass is 19.1. The highest BCUT2D eigenvalue weighted by Crippen LogP contribution is 2.17. The van der Waals surface area contributed by atoms with Crippen molar-refractivity contribution in [2.24, 2.45) is 0 Å². The number of halogens is 1. The second-order valence-corrected chi connectivity index (χ2v) is 4.36. The lowest BCUT2D eigenvalue weighted by Gasteiger charge is -2.14. The van der Waals surface area contributed by atoms with Crippen molar-refractivity contribution in [2.75, 3.05) is 27.4 Å². The molecule has 1 atom stereocenters. The van der Waals surface area contributed by atoms with Crippen molar-refractivity contribution in [3.05, 3.63) is 29.6 Å². The van der Waals surface area contributed by atoms with Crippen molar-refractivity contribution in [2.45, 2.75) is 19.5 Å². The summed E-state index contributed by atoms with van der Waals surface area (Å²) >= 11 is 0. The second-order valence-electron chi connectivity index (χ2n) is 4.36. The van der Waals surface area contributed by atoms with E-state index in [1.807, 2.05) is 0 Å². The fraction of sp³-hybridized carbons (Fsp3) is 0.500. The third-order valence-corrected chi connectivity index (χ3v) is 2.83. The summed E-state index contributed by atoms with van der Waals surface area (Å²) in [6.45, 7) is 3.10. The molecule has 2 N–H and O–H groups in total. The number of carbonyl (C=O) groups excluding carboxylic acids is 1. The van der Waals surface area contributed by atoms with E-state index in [1.165, 1.54) is 13.2 Å². The van der Waals surface area contributed by atoms with E-state index in [9.17, 15) is 9.18 Å². The Labute approximate surface area is 118 Å². The van der Waals surface area contributed by atoms with Gasteiger partial charge in [-0.3, -0.25) is 4.79 Å². The molecular weight excluding hydrogens is 263 g/mol. The Hall–Kier alpha value is -1.66. The molecule has 1 aromatic carbocycles. The normalized spacial score (nSPS) is 12.0. The van der Waals surface area contributed by atoms with Crippen LogP contribution in [-0.2, 0) is 16.1 Å². The zero-order chi connectivity index (χ0) is 15.0. The number of hydrogen-bond acceptors (Lipinski definition) is 4. The van der Waals surface area contributed by atoms with Crippen molar-refractivity contribution >= 4 is 5.91 Å². The van der Waals surface area contributed by atoms with E-state index in [0.717, 1.165) is 5.56 Å². The molecule has 20 heavy (non-hydrogen) atoms. The van der Waals surface area contributed by atoms with Crippen molar-refractivity contribution < 1.29 is 18.7 Å². The standard InChI is InChI=1S/C14H21FN2O3/c1-10(14(18)16-6-7-19-2)17-9-11-4-5-13(20-3)12(15)8-11/h4-5,8,10,17H,6-7,9H2,1-3H3,(H,16,18). The van der Waals surface area contributed by atoms with Crippen LogP contribution in [0.25, 0.3) is 0 Å². The van der Waals surface area contributed by atoms with Gasteiger partial charge >= 0.3 is 0 Å². The molecule has 1 rings (SSSR count). The predicted molar refractivity (Wildman–Crippen MR) is 74.1 cm³/mol. The molecule has 1 unspecified atom stereocenters. The number of rotatable bonds is 8. The number of ether oxygens (including phenoxy) is 2. The van der Waals surface area contributed by atoms with Crippen molar-refractivity contribution in [3.63, 3.8) is 0 Å². The van der Waals surface area contributed by atoms with Gasteiger partial charge in [-0.25, -0.2) is 4.39 Å². The number of hydrogen-bond donors (Lipinski definition) is 2. The van der Waals surface area contributed by atoms with Crippen LogP contribution in [0.5, 0.6) is 5.75 Å². The van der Waals surface area contributed by atoms with Gasteiger partial charge in [-0.1, -0.05) is 6.07 Å². The molecule has 0 heterocycles. The van der Waals surface area contributed by atoms with Gasteiger partial charge in [0.1, 0.15) is 0 Å². The molecule has 6 heteroatoms. The molecule has 0 aliphatic heterocycles. The van der Waals surface area contributed by atoms with Gasteiger partial charge in [-0.05, 0) is 24.6 Å². The van der Waals surface area contributed by atoms with Crippen LogP contribution < -0.4 is 15.4 Å². The molecule has 5 nitrogen and oxygen atoms in total. The van der Waals surface area contributed by atoms with Gasteiger partial charge in [0.05, 0.1) is 19.8 Å². The van der Waals surface area contributed by atoms with Crippen LogP contribution in [-0.4, -0.2) is 39.3 Å². The lowest BCUT2D eigenvalue weighted by atomic mass is 10.2. The molecule has 112 valence electrons. The first-order valence-corrected chi connectivity index (χ1v) is 6.41. The monoisotopic (exact) mass is 284 g/mol. The van der Waals surface area contributed by atoms with Gasteiger partial charge in [0, 0.05) is 20.2 Å². The van der Waals surface area contributed by atoms with Crippen LogP contribution in [0.4, 0.5) is 4.39 Å². The molecular formula is C14H21FN2O3. The summed E-state index contributed by atoms with van der Waals surface area (Å²) in [5.41, 5.74) is 0.750. The summed E-state index contributed by atoms with van der Waals surface area (Å²) in [5, 5.41) is 5.76. The minimum Gasteiger partial charge on any atom is -0.494 e. The van der Waals surface area contributed by atoms with Crippen LogP contribution in [0.2, 0.25) is 0 Å². The molecule has 0 saturated carbocycles. The van der Waals surface area contributed by atoms with E-state index in [2.05, 4.69) is 10.6 Å². The smallest absolute Gasteiger partial charge is 0.236 e. The lowest BCUT2D eigenvalue weighted by Crippen LogP contribution is -2.42. The van der Waals surface area contributed by atoms with Crippen LogP contribution in [0.1, 0.15) is 12.5 Å². The first-order chi connectivity index (χ1) is 9.58. The molecule has 0 saturated heterocycles. The number of benzene rings is 1. The Morgan fingerprint density at radius 2 is 2.15 bits per heavy atom. The first kappa shape index (κ1) is 16.4. The Morgan fingerprint density at radius 1 is 1.40 bits per heavy atom. The van der Waals surface area contributed by atoms with Gasteiger partial charge in [0.25, 0.3) is 0 Å². The van der Waals surface area contributed by atoms with E-state index in [1.54, 1.807) is 26.2 Å². The molecule has 0 bridgehead atoms. The quantitative estimate of drug-likeness (QED) is 0.701. The Balaban J connectivity index is 2.42. The fourth-order valence-corrected chi connectivity index (χ4v) is 1.61. The molecule has 0 fully saturated rings. The number of nitrogens with one attached hydrogen (secondary N) is 2. The molecule has 0 spiro atoms. The van der Waals surface area contributed by atoms with Gasteiger partial charge in [0.15, 0.2) is 11.6 Å². The zero-order valence-corrected chi connectivity index (χ0v) is 12.0. The van der Waals surface area contributed by atoms with Crippen molar-refractivity contribution in [3.8, 4) is 5.75 Å². The summed E-state index contributed by atoms with van der Waals surface area (Å²) in [6, 6.07) is 4.35. The van der Waals surface area contributed by atoms with E-state index in [0.29, 0.717) is 19.7 Å². The van der Waals surface area contributed by atoms with Gasteiger partial charge in [-0.15, -0.1) is 0 Å². The van der Waals surface area contributed by atoms with Crippen LogP contribution in [0.15, 0.2) is 18.2 Å². The van der Waals surface area contributed by atoms with E-state index in [-0.39, 0.29) is 17.7 Å². The minimum absolute atomic E-state index is 0.115. The van der Waals surface area contributed by atoms with E-state index < -0.39 is 5.82 Å². The molecule has 0 aliphatic carbocycles. The fourth-order valence-electron chi connectivity index (χ4n) is 1.61. The summed E-state index contributed by atoms with van der Waals surface area (Å²) in [5.74, 6) is -0.320. The maximum Gasteiger partial charge on any atom is 0.236 e. The summed E-state index contributed by atoms with van der Waals surface area (Å²) < 4.78 is 23.2. The van der Waals surface area contributed by atoms with Gasteiger partial charge in [-0.2, -0.15) is 0 Å². The van der Waals surface area contributed by atoms with Crippen LogP contribution in [0, 0.1) is 5.82 Å². The second kappa shape index (κ2) is 8.50. The Morgan fingerprint density at radius 3 is 2.75 bits per heavy atom. The number of amides is 1. The molecule has 0 radical (unpaired) electrons. The largest absolute Gasteiger partial charge is 0.494 e.